The molecule has 6 nitrogen and oxygen atoms in total. The van der Waals surface area contributed by atoms with E-state index in [9.17, 15) is 9.59 Å². The van der Waals surface area contributed by atoms with Crippen LogP contribution in [0.1, 0.15) is 10.4 Å². The molecule has 3 rings (SSSR count). The van der Waals surface area contributed by atoms with Gasteiger partial charge in [-0.3, -0.25) is 9.59 Å². The second kappa shape index (κ2) is 7.44. The first kappa shape index (κ1) is 16.4. The Hall–Kier alpha value is -2.41. The van der Waals surface area contributed by atoms with Crippen LogP contribution in [-0.2, 0) is 4.79 Å². The molecule has 1 aromatic carbocycles. The third-order valence-corrected chi connectivity index (χ3v) is 4.37. The van der Waals surface area contributed by atoms with Gasteiger partial charge in [0.05, 0.1) is 11.9 Å². The summed E-state index contributed by atoms with van der Waals surface area (Å²) in [5.41, 5.74) is 1.23. The van der Waals surface area contributed by atoms with Gasteiger partial charge >= 0.3 is 0 Å². The number of hydrogen-bond acceptors (Lipinski definition) is 4. The van der Waals surface area contributed by atoms with Gasteiger partial charge in [-0.15, -0.1) is 0 Å². The fraction of sp³-hybridized carbons (Fsp3) is 0.235. The van der Waals surface area contributed by atoms with Gasteiger partial charge in [-0.25, -0.2) is 4.98 Å². The lowest BCUT2D eigenvalue weighted by Crippen LogP contribution is -2.46. The zero-order valence-electron chi connectivity index (χ0n) is 13.0. The largest absolute Gasteiger partial charge is 0.353 e. The Morgan fingerprint density at radius 1 is 1.17 bits per heavy atom. The zero-order valence-corrected chi connectivity index (χ0v) is 14.6. The monoisotopic (exact) mass is 388 g/mol. The molecule has 0 spiro atoms. The molecule has 7 heteroatoms. The number of anilines is 2. The molecule has 0 radical (unpaired) electrons. The minimum absolute atomic E-state index is 0.176. The summed E-state index contributed by atoms with van der Waals surface area (Å²) >= 11 is 3.36. The Morgan fingerprint density at radius 2 is 1.96 bits per heavy atom. The van der Waals surface area contributed by atoms with Crippen LogP contribution in [0.2, 0.25) is 0 Å². The average molecular weight is 389 g/mol. The van der Waals surface area contributed by atoms with Gasteiger partial charge in [0.1, 0.15) is 5.82 Å². The van der Waals surface area contributed by atoms with Crippen molar-refractivity contribution in [2.75, 3.05) is 36.4 Å². The molecule has 1 N–H and O–H groups in total. The number of pyridine rings is 1. The second-order valence-corrected chi connectivity index (χ2v) is 6.41. The van der Waals surface area contributed by atoms with Crippen molar-refractivity contribution < 1.29 is 9.59 Å². The molecular formula is C17H17BrN4O2. The molecule has 0 bridgehead atoms. The molecule has 1 fully saturated rings. The number of hydrogen-bond donors (Lipinski definition) is 1. The quantitative estimate of drug-likeness (QED) is 0.816. The van der Waals surface area contributed by atoms with Crippen molar-refractivity contribution in [3.05, 3.63) is 52.6 Å². The van der Waals surface area contributed by atoms with Crippen LogP contribution in [0, 0.1) is 0 Å². The van der Waals surface area contributed by atoms with E-state index in [4.69, 9.17) is 0 Å². The lowest BCUT2D eigenvalue weighted by molar-refractivity contribution is -0.118. The Kier molecular flexibility index (Phi) is 5.10. The van der Waals surface area contributed by atoms with E-state index < -0.39 is 0 Å². The van der Waals surface area contributed by atoms with E-state index in [2.05, 4.69) is 31.1 Å². The number of benzene rings is 1. The maximum absolute atomic E-state index is 12.2. The number of carbonyl (C=O) groups is 2. The van der Waals surface area contributed by atoms with Gasteiger partial charge in [0.15, 0.2) is 0 Å². The fourth-order valence-corrected chi connectivity index (χ4v) is 2.94. The SMILES string of the molecule is O=CN1CCN(c2ccc(NC(=O)c3cccc(Br)c3)cn2)CC1. The van der Waals surface area contributed by atoms with Crippen LogP contribution >= 0.6 is 15.9 Å². The third-order valence-electron chi connectivity index (χ3n) is 3.88. The molecule has 1 aliphatic heterocycles. The Morgan fingerprint density at radius 3 is 2.58 bits per heavy atom. The summed E-state index contributed by atoms with van der Waals surface area (Å²) in [7, 11) is 0. The smallest absolute Gasteiger partial charge is 0.255 e. The van der Waals surface area contributed by atoms with Crippen molar-refractivity contribution in [2.45, 2.75) is 0 Å². The van der Waals surface area contributed by atoms with Gasteiger partial charge in [0.25, 0.3) is 5.91 Å². The average Bonchev–Trinajstić information content (AvgIpc) is 2.62. The molecule has 1 saturated heterocycles. The molecule has 2 amide bonds. The summed E-state index contributed by atoms with van der Waals surface area (Å²) in [6.07, 6.45) is 2.53. The molecule has 2 aromatic rings. The first-order valence-corrected chi connectivity index (χ1v) is 8.42. The van der Waals surface area contributed by atoms with E-state index >= 15 is 0 Å². The molecular weight excluding hydrogens is 372 g/mol. The topological polar surface area (TPSA) is 65.5 Å². The highest BCUT2D eigenvalue weighted by molar-refractivity contribution is 9.10. The standard InChI is InChI=1S/C17H17BrN4O2/c18-14-3-1-2-13(10-14)17(24)20-15-4-5-16(19-11-15)22-8-6-21(12-23)7-9-22/h1-5,10-12H,6-9H2,(H,20,24). The highest BCUT2D eigenvalue weighted by Crippen LogP contribution is 2.17. The minimum atomic E-state index is -0.176. The van der Waals surface area contributed by atoms with Crippen LogP contribution < -0.4 is 10.2 Å². The fourth-order valence-electron chi connectivity index (χ4n) is 2.54. The number of carbonyl (C=O) groups excluding carboxylic acids is 2. The summed E-state index contributed by atoms with van der Waals surface area (Å²) < 4.78 is 0.859. The maximum Gasteiger partial charge on any atom is 0.255 e. The first-order valence-electron chi connectivity index (χ1n) is 7.63. The molecule has 1 aliphatic rings. The van der Waals surface area contributed by atoms with Crippen molar-refractivity contribution >= 4 is 39.8 Å². The van der Waals surface area contributed by atoms with Crippen molar-refractivity contribution in [3.63, 3.8) is 0 Å². The number of nitrogens with one attached hydrogen (secondary N) is 1. The van der Waals surface area contributed by atoms with Crippen molar-refractivity contribution in [1.82, 2.24) is 9.88 Å². The molecule has 0 unspecified atom stereocenters. The van der Waals surface area contributed by atoms with Gasteiger partial charge < -0.3 is 15.1 Å². The summed E-state index contributed by atoms with van der Waals surface area (Å²) in [5, 5.41) is 2.84. The van der Waals surface area contributed by atoms with Gasteiger partial charge in [-0.2, -0.15) is 0 Å². The van der Waals surface area contributed by atoms with Crippen LogP contribution in [0.3, 0.4) is 0 Å². The van der Waals surface area contributed by atoms with Crippen LogP contribution in [0.25, 0.3) is 0 Å². The molecule has 0 saturated carbocycles. The third kappa shape index (κ3) is 3.91. The highest BCUT2D eigenvalue weighted by Gasteiger charge is 2.16. The van der Waals surface area contributed by atoms with Gasteiger partial charge in [-0.05, 0) is 30.3 Å². The number of piperazine rings is 1. The maximum atomic E-state index is 12.2. The number of halogens is 1. The van der Waals surface area contributed by atoms with Crippen molar-refractivity contribution in [1.29, 1.82) is 0 Å². The predicted octanol–water partition coefficient (Wildman–Crippen LogP) is 2.37. The van der Waals surface area contributed by atoms with E-state index in [0.717, 1.165) is 29.8 Å². The normalized spacial score (nSPS) is 14.4. The first-order chi connectivity index (χ1) is 11.7. The molecule has 24 heavy (non-hydrogen) atoms. The number of aromatic nitrogens is 1. The van der Waals surface area contributed by atoms with Crippen molar-refractivity contribution in [2.24, 2.45) is 0 Å². The zero-order chi connectivity index (χ0) is 16.9. The van der Waals surface area contributed by atoms with E-state index in [1.165, 1.54) is 0 Å². The summed E-state index contributed by atoms with van der Waals surface area (Å²) in [6, 6.07) is 10.9. The molecule has 124 valence electrons. The highest BCUT2D eigenvalue weighted by atomic mass is 79.9. The molecule has 0 atom stereocenters. The minimum Gasteiger partial charge on any atom is -0.353 e. The van der Waals surface area contributed by atoms with E-state index in [0.29, 0.717) is 24.3 Å². The van der Waals surface area contributed by atoms with Crippen LogP contribution in [-0.4, -0.2) is 48.4 Å². The predicted molar refractivity (Wildman–Crippen MR) is 96.2 cm³/mol. The molecule has 1 aromatic heterocycles. The molecule has 2 heterocycles. The summed E-state index contributed by atoms with van der Waals surface area (Å²) in [5.74, 6) is 0.673. The number of nitrogens with zero attached hydrogens (tertiary/aromatic N) is 3. The van der Waals surface area contributed by atoms with Gasteiger partial charge in [-0.1, -0.05) is 22.0 Å². The molecule has 0 aliphatic carbocycles. The van der Waals surface area contributed by atoms with Crippen LogP contribution in [0.5, 0.6) is 0 Å². The summed E-state index contributed by atoms with van der Waals surface area (Å²) in [4.78, 5) is 31.2. The lowest BCUT2D eigenvalue weighted by atomic mass is 10.2. The lowest BCUT2D eigenvalue weighted by Gasteiger charge is -2.33. The van der Waals surface area contributed by atoms with Crippen LogP contribution in [0.15, 0.2) is 47.1 Å². The summed E-state index contributed by atoms with van der Waals surface area (Å²) in [6.45, 7) is 2.92. The van der Waals surface area contributed by atoms with Crippen molar-refractivity contribution in [3.8, 4) is 0 Å². The van der Waals surface area contributed by atoms with E-state index in [1.807, 2.05) is 24.3 Å². The number of amides is 2. The van der Waals surface area contributed by atoms with E-state index in [1.54, 1.807) is 23.2 Å². The van der Waals surface area contributed by atoms with Gasteiger partial charge in [0, 0.05) is 36.2 Å². The van der Waals surface area contributed by atoms with Gasteiger partial charge in [0.2, 0.25) is 6.41 Å². The Labute approximate surface area is 148 Å². The number of rotatable bonds is 4. The van der Waals surface area contributed by atoms with Crippen LogP contribution in [0.4, 0.5) is 11.5 Å². The Bertz CT molecular complexity index is 728. The second-order valence-electron chi connectivity index (χ2n) is 5.50. The van der Waals surface area contributed by atoms with E-state index in [-0.39, 0.29) is 5.91 Å². The Balaban J connectivity index is 1.62.